The van der Waals surface area contributed by atoms with Crippen molar-refractivity contribution in [2.75, 3.05) is 32.7 Å². The molecule has 2 aromatic heterocycles. The summed E-state index contributed by atoms with van der Waals surface area (Å²) in [6.07, 6.45) is 5.32. The summed E-state index contributed by atoms with van der Waals surface area (Å²) in [5.41, 5.74) is 3.83. The van der Waals surface area contributed by atoms with E-state index in [2.05, 4.69) is 27.1 Å². The van der Waals surface area contributed by atoms with E-state index < -0.39 is 0 Å². The zero-order chi connectivity index (χ0) is 23.3. The summed E-state index contributed by atoms with van der Waals surface area (Å²) in [7, 11) is 0. The highest BCUT2D eigenvalue weighted by Crippen LogP contribution is 2.17. The van der Waals surface area contributed by atoms with E-state index in [0.29, 0.717) is 17.3 Å². The van der Waals surface area contributed by atoms with Crippen molar-refractivity contribution >= 4 is 5.91 Å². The van der Waals surface area contributed by atoms with Gasteiger partial charge in [-0.05, 0) is 50.2 Å². The van der Waals surface area contributed by atoms with Crippen molar-refractivity contribution in [2.24, 2.45) is 0 Å². The lowest BCUT2D eigenvalue weighted by molar-refractivity contribution is 0.0635. The minimum absolute atomic E-state index is 0.0844. The maximum atomic E-state index is 12.9. The first-order chi connectivity index (χ1) is 16.7. The van der Waals surface area contributed by atoms with Crippen LogP contribution in [0.3, 0.4) is 0 Å². The fourth-order valence-electron chi connectivity index (χ4n) is 4.17. The number of carbonyl (C=O) groups is 1. The Kier molecular flexibility index (Phi) is 6.49. The maximum absolute atomic E-state index is 12.9. The van der Waals surface area contributed by atoms with Crippen molar-refractivity contribution in [3.63, 3.8) is 0 Å². The number of piperazine rings is 1. The average Bonchev–Trinajstić information content (AvgIpc) is 3.58. The van der Waals surface area contributed by atoms with Crippen molar-refractivity contribution in [1.82, 2.24) is 29.7 Å². The van der Waals surface area contributed by atoms with Gasteiger partial charge >= 0.3 is 0 Å². The highest BCUT2D eigenvalue weighted by molar-refractivity contribution is 5.94. The summed E-state index contributed by atoms with van der Waals surface area (Å²) in [4.78, 5) is 21.8. The molecule has 0 N–H and O–H groups in total. The highest BCUT2D eigenvalue weighted by Gasteiger charge is 2.22. The number of hydrogen-bond donors (Lipinski definition) is 0. The Hall–Kier alpha value is -3.78. The van der Waals surface area contributed by atoms with E-state index in [1.165, 1.54) is 5.56 Å². The number of aryl methyl sites for hydroxylation is 2. The van der Waals surface area contributed by atoms with E-state index >= 15 is 0 Å². The van der Waals surface area contributed by atoms with Crippen LogP contribution in [-0.2, 0) is 6.42 Å². The molecule has 174 valence electrons. The van der Waals surface area contributed by atoms with Crippen LogP contribution in [0.1, 0.15) is 28.2 Å². The van der Waals surface area contributed by atoms with Gasteiger partial charge in [-0.1, -0.05) is 35.0 Å². The largest absolute Gasteiger partial charge is 0.339 e. The van der Waals surface area contributed by atoms with Crippen LogP contribution < -0.4 is 0 Å². The molecule has 0 radical (unpaired) electrons. The minimum Gasteiger partial charge on any atom is -0.339 e. The fourth-order valence-corrected chi connectivity index (χ4v) is 4.17. The lowest BCUT2D eigenvalue weighted by atomic mass is 10.1. The van der Waals surface area contributed by atoms with E-state index in [-0.39, 0.29) is 5.91 Å². The van der Waals surface area contributed by atoms with Crippen molar-refractivity contribution in [3.05, 3.63) is 84.0 Å². The Bertz CT molecular complexity index is 1210. The summed E-state index contributed by atoms with van der Waals surface area (Å²) < 4.78 is 7.21. The van der Waals surface area contributed by atoms with Crippen LogP contribution in [0.25, 0.3) is 17.1 Å². The number of amides is 1. The molecular weight excluding hydrogens is 428 g/mol. The molecule has 3 heterocycles. The Morgan fingerprint density at radius 3 is 2.47 bits per heavy atom. The number of carbonyl (C=O) groups excluding carboxylic acids is 1. The molecule has 1 aliphatic heterocycles. The Morgan fingerprint density at radius 1 is 1.00 bits per heavy atom. The van der Waals surface area contributed by atoms with Gasteiger partial charge in [-0.3, -0.25) is 9.69 Å². The van der Waals surface area contributed by atoms with Crippen LogP contribution in [-0.4, -0.2) is 68.4 Å². The molecule has 0 bridgehead atoms. The molecule has 1 saturated heterocycles. The van der Waals surface area contributed by atoms with Gasteiger partial charge in [0, 0.05) is 56.1 Å². The van der Waals surface area contributed by atoms with Gasteiger partial charge in [0.1, 0.15) is 0 Å². The van der Waals surface area contributed by atoms with Gasteiger partial charge in [0.15, 0.2) is 0 Å². The van der Waals surface area contributed by atoms with E-state index in [1.807, 2.05) is 65.7 Å². The third kappa shape index (κ3) is 5.07. The van der Waals surface area contributed by atoms with Crippen molar-refractivity contribution in [2.45, 2.75) is 19.8 Å². The summed E-state index contributed by atoms with van der Waals surface area (Å²) in [6, 6.07) is 17.6. The second-order valence-corrected chi connectivity index (χ2v) is 8.61. The third-order valence-electron chi connectivity index (χ3n) is 6.19. The van der Waals surface area contributed by atoms with Gasteiger partial charge < -0.3 is 9.42 Å². The van der Waals surface area contributed by atoms with Crippen molar-refractivity contribution < 1.29 is 9.32 Å². The molecule has 1 amide bonds. The van der Waals surface area contributed by atoms with Gasteiger partial charge in [-0.15, -0.1) is 0 Å². The lowest BCUT2D eigenvalue weighted by Gasteiger charge is -2.34. The molecule has 0 spiro atoms. The van der Waals surface area contributed by atoms with Crippen LogP contribution in [0.15, 0.2) is 71.5 Å². The summed E-state index contributed by atoms with van der Waals surface area (Å²) in [5, 5.41) is 8.33. The maximum Gasteiger partial charge on any atom is 0.253 e. The van der Waals surface area contributed by atoms with Crippen LogP contribution >= 0.6 is 0 Å². The first kappa shape index (κ1) is 22.0. The SMILES string of the molecule is Cc1ccc(-c2noc(CCCN3CCN(C(=O)c4ccc(-n5cccn5)cc4)CC3)n2)cc1. The summed E-state index contributed by atoms with van der Waals surface area (Å²) >= 11 is 0. The molecule has 2 aromatic carbocycles. The molecule has 0 aliphatic carbocycles. The molecule has 5 rings (SSSR count). The molecule has 0 saturated carbocycles. The second kappa shape index (κ2) is 10.0. The Balaban J connectivity index is 1.07. The normalized spacial score (nSPS) is 14.4. The number of hydrogen-bond acceptors (Lipinski definition) is 6. The van der Waals surface area contributed by atoms with Gasteiger partial charge in [-0.2, -0.15) is 10.1 Å². The molecule has 8 nitrogen and oxygen atoms in total. The molecule has 1 fully saturated rings. The molecule has 0 atom stereocenters. The predicted molar refractivity (Wildman–Crippen MR) is 129 cm³/mol. The van der Waals surface area contributed by atoms with E-state index in [4.69, 9.17) is 4.52 Å². The molecule has 8 heteroatoms. The van der Waals surface area contributed by atoms with Crippen LogP contribution in [0, 0.1) is 6.92 Å². The summed E-state index contributed by atoms with van der Waals surface area (Å²) in [5.74, 6) is 1.39. The smallest absolute Gasteiger partial charge is 0.253 e. The van der Waals surface area contributed by atoms with E-state index in [0.717, 1.165) is 56.8 Å². The fraction of sp³-hybridized carbons (Fsp3) is 0.308. The second-order valence-electron chi connectivity index (χ2n) is 8.61. The number of rotatable bonds is 7. The Labute approximate surface area is 198 Å². The van der Waals surface area contributed by atoms with Gasteiger partial charge in [0.25, 0.3) is 5.91 Å². The monoisotopic (exact) mass is 456 g/mol. The van der Waals surface area contributed by atoms with Crippen molar-refractivity contribution in [3.8, 4) is 17.1 Å². The zero-order valence-corrected chi connectivity index (χ0v) is 19.3. The molecule has 1 aliphatic rings. The number of benzene rings is 2. The van der Waals surface area contributed by atoms with Crippen LogP contribution in [0.4, 0.5) is 0 Å². The van der Waals surface area contributed by atoms with E-state index in [1.54, 1.807) is 10.9 Å². The van der Waals surface area contributed by atoms with Crippen molar-refractivity contribution in [1.29, 1.82) is 0 Å². The molecule has 0 unspecified atom stereocenters. The summed E-state index contributed by atoms with van der Waals surface area (Å²) in [6.45, 7) is 6.21. The molecule has 34 heavy (non-hydrogen) atoms. The zero-order valence-electron chi connectivity index (χ0n) is 19.3. The van der Waals surface area contributed by atoms with Gasteiger partial charge in [0.05, 0.1) is 5.69 Å². The first-order valence-corrected chi connectivity index (χ1v) is 11.7. The third-order valence-corrected chi connectivity index (χ3v) is 6.19. The number of nitrogens with zero attached hydrogens (tertiary/aromatic N) is 6. The highest BCUT2D eigenvalue weighted by atomic mass is 16.5. The average molecular weight is 457 g/mol. The topological polar surface area (TPSA) is 80.3 Å². The van der Waals surface area contributed by atoms with Crippen LogP contribution in [0.2, 0.25) is 0 Å². The first-order valence-electron chi connectivity index (χ1n) is 11.7. The van der Waals surface area contributed by atoms with Gasteiger partial charge in [0.2, 0.25) is 11.7 Å². The quantitative estimate of drug-likeness (QED) is 0.423. The molecular formula is C26H28N6O2. The van der Waals surface area contributed by atoms with Gasteiger partial charge in [-0.25, -0.2) is 4.68 Å². The molecule has 4 aromatic rings. The van der Waals surface area contributed by atoms with Crippen LogP contribution in [0.5, 0.6) is 0 Å². The number of aromatic nitrogens is 4. The van der Waals surface area contributed by atoms with E-state index in [9.17, 15) is 4.79 Å². The lowest BCUT2D eigenvalue weighted by Crippen LogP contribution is -2.48. The minimum atomic E-state index is 0.0844. The Morgan fingerprint density at radius 2 is 1.76 bits per heavy atom. The standard InChI is InChI=1S/C26H28N6O2/c1-20-5-7-21(8-6-20)25-28-24(34-29-25)4-2-14-30-16-18-31(19-17-30)26(33)22-9-11-23(12-10-22)32-15-3-13-27-32/h3,5-13,15H,2,4,14,16-19H2,1H3. The predicted octanol–water partition coefficient (Wildman–Crippen LogP) is 3.62.